The average Bonchev–Trinajstić information content (AvgIpc) is 2.28. The van der Waals surface area contributed by atoms with Crippen LogP contribution in [-0.4, -0.2) is 19.7 Å². The molecule has 0 spiro atoms. The summed E-state index contributed by atoms with van der Waals surface area (Å²) in [4.78, 5) is 3.31. The average molecular weight is 278 g/mol. The third-order valence-corrected chi connectivity index (χ3v) is 3.26. The Morgan fingerprint density at radius 1 is 1.50 bits per heavy atom. The number of hydrogen-bond acceptors (Lipinski definition) is 2. The zero-order chi connectivity index (χ0) is 13.9. The first-order valence-electron chi connectivity index (χ1n) is 4.84. The fourth-order valence-electron chi connectivity index (χ4n) is 1.33. The molecule has 0 radical (unpaired) electrons. The fraction of sp³-hybridized carbons (Fsp3) is 0.400. The molecule has 0 aliphatic carbocycles. The van der Waals surface area contributed by atoms with Crippen molar-refractivity contribution < 1.29 is 21.7 Å². The summed E-state index contributed by atoms with van der Waals surface area (Å²) < 4.78 is 47.4. The molecule has 0 bridgehead atoms. The minimum absolute atomic E-state index is 0.429. The van der Waals surface area contributed by atoms with Crippen LogP contribution in [0.3, 0.4) is 0 Å². The fourth-order valence-corrected chi connectivity index (χ4v) is 2.03. The quantitative estimate of drug-likeness (QED) is 0.514. The largest absolute Gasteiger partial charge is 0.468 e. The van der Waals surface area contributed by atoms with Crippen LogP contribution in [0, 0.1) is 11.5 Å². The van der Waals surface area contributed by atoms with Crippen molar-refractivity contribution >= 4 is 11.0 Å². The maximum Gasteiger partial charge on any atom is 0.468 e. The van der Waals surface area contributed by atoms with Crippen LogP contribution in [-0.2, 0) is 17.1 Å². The van der Waals surface area contributed by atoms with Crippen LogP contribution in [0.1, 0.15) is 24.2 Å². The number of aromatic nitrogens is 1. The van der Waals surface area contributed by atoms with Gasteiger partial charge in [0.05, 0.1) is 0 Å². The van der Waals surface area contributed by atoms with Crippen LogP contribution in [0.5, 0.6) is 0 Å². The molecule has 0 aliphatic rings. The van der Waals surface area contributed by atoms with Crippen molar-refractivity contribution in [2.45, 2.75) is 19.1 Å². The molecule has 0 amide bonds. The third-order valence-electron chi connectivity index (χ3n) is 2.29. The summed E-state index contributed by atoms with van der Waals surface area (Å²) in [5.41, 5.74) is -0.556. The summed E-state index contributed by atoms with van der Waals surface area (Å²) in [6.45, 7) is 1.60. The minimum Gasteiger partial charge on any atom is -0.306 e. The molecular weight excluding hydrogens is 267 g/mol. The lowest BCUT2D eigenvalue weighted by atomic mass is 10.1. The molecule has 18 heavy (non-hydrogen) atoms. The van der Waals surface area contributed by atoms with Gasteiger partial charge in [0, 0.05) is 18.0 Å². The molecule has 0 saturated carbocycles. The van der Waals surface area contributed by atoms with E-state index in [1.165, 1.54) is 12.3 Å². The molecule has 0 fully saturated rings. The van der Waals surface area contributed by atoms with Crippen LogP contribution in [0.4, 0.5) is 13.2 Å². The number of halogens is 3. The first-order chi connectivity index (χ1) is 8.27. The highest BCUT2D eigenvalue weighted by atomic mass is 32.2. The molecule has 0 aromatic carbocycles. The van der Waals surface area contributed by atoms with Crippen molar-refractivity contribution in [1.29, 1.82) is 5.26 Å². The molecule has 1 unspecified atom stereocenters. The molecule has 1 rings (SSSR count). The van der Waals surface area contributed by atoms with Crippen LogP contribution >= 0.6 is 0 Å². The monoisotopic (exact) mass is 278 g/mol. The SMILES string of the molecule is C[C@H](c1ccc(C(F)(F)F)nc1)[N+](C#N)=S(C)O. The molecule has 2 atom stereocenters. The predicted octanol–water partition coefficient (Wildman–Crippen LogP) is 2.56. The molecule has 4 nitrogen and oxygen atoms in total. The Kier molecular flexibility index (Phi) is 4.43. The lowest BCUT2D eigenvalue weighted by molar-refractivity contribution is -0.463. The summed E-state index contributed by atoms with van der Waals surface area (Å²) in [5.74, 6) is 0. The first-order valence-corrected chi connectivity index (χ1v) is 6.39. The number of hydrogen-bond donors (Lipinski definition) is 1. The van der Waals surface area contributed by atoms with E-state index in [4.69, 9.17) is 5.26 Å². The van der Waals surface area contributed by atoms with Gasteiger partial charge in [-0.2, -0.15) is 13.2 Å². The van der Waals surface area contributed by atoms with E-state index >= 15 is 0 Å². The van der Waals surface area contributed by atoms with Gasteiger partial charge in [-0.05, 0) is 13.0 Å². The molecule has 1 heterocycles. The summed E-state index contributed by atoms with van der Waals surface area (Å²) in [7, 11) is -1.28. The lowest BCUT2D eigenvalue weighted by Crippen LogP contribution is -2.16. The Morgan fingerprint density at radius 3 is 2.44 bits per heavy atom. The summed E-state index contributed by atoms with van der Waals surface area (Å²) >= 11 is 0. The van der Waals surface area contributed by atoms with Gasteiger partial charge in [0.1, 0.15) is 22.7 Å². The number of pyridine rings is 1. The van der Waals surface area contributed by atoms with E-state index in [9.17, 15) is 17.7 Å². The second-order valence-electron chi connectivity index (χ2n) is 3.52. The molecular formula is C10H11F3N3OS+. The van der Waals surface area contributed by atoms with Crippen molar-refractivity contribution in [3.05, 3.63) is 29.6 Å². The van der Waals surface area contributed by atoms with E-state index in [2.05, 4.69) is 4.98 Å². The highest BCUT2D eigenvalue weighted by Gasteiger charge is 2.32. The molecule has 8 heteroatoms. The Morgan fingerprint density at radius 2 is 2.11 bits per heavy atom. The van der Waals surface area contributed by atoms with Gasteiger partial charge in [0.2, 0.25) is 0 Å². The highest BCUT2D eigenvalue weighted by Crippen LogP contribution is 2.28. The third kappa shape index (κ3) is 3.27. The number of nitrogens with zero attached hydrogens (tertiary/aromatic N) is 3. The predicted molar refractivity (Wildman–Crippen MR) is 59.4 cm³/mol. The van der Waals surface area contributed by atoms with Crippen LogP contribution in [0.25, 0.3) is 0 Å². The summed E-state index contributed by atoms with van der Waals surface area (Å²) in [6, 6.07) is 1.56. The second kappa shape index (κ2) is 5.46. The van der Waals surface area contributed by atoms with Crippen LogP contribution < -0.4 is 0 Å². The Hall–Kier alpha value is -1.46. The lowest BCUT2D eigenvalue weighted by Gasteiger charge is -2.10. The standard InChI is InChI=1S/C10H10F3N3OS/c1-7(16(6-14)18(2)17)8-3-4-9(15-5-8)10(11,12)13/h3-5,7H,1-2H3/p+1/t7-,18?/m1/s1. The number of rotatable bonds is 2. The van der Waals surface area contributed by atoms with E-state index in [-0.39, 0.29) is 0 Å². The molecule has 1 N–H and O–H groups in total. The van der Waals surface area contributed by atoms with E-state index in [1.807, 2.05) is 0 Å². The number of alkyl halides is 3. The van der Waals surface area contributed by atoms with Crippen molar-refractivity contribution in [3.8, 4) is 6.19 Å². The van der Waals surface area contributed by atoms with Crippen molar-refractivity contribution in [1.82, 2.24) is 4.98 Å². The molecule has 1 aromatic heterocycles. The van der Waals surface area contributed by atoms with Gasteiger partial charge in [-0.25, -0.2) is 0 Å². The van der Waals surface area contributed by atoms with Gasteiger partial charge < -0.3 is 4.55 Å². The highest BCUT2D eigenvalue weighted by molar-refractivity contribution is 7.78. The first kappa shape index (κ1) is 14.6. The maximum absolute atomic E-state index is 12.3. The normalized spacial score (nSPS) is 15.7. The van der Waals surface area contributed by atoms with Gasteiger partial charge in [0.25, 0.3) is 0 Å². The van der Waals surface area contributed by atoms with Crippen LogP contribution in [0.2, 0.25) is 0 Å². The zero-order valence-electron chi connectivity index (χ0n) is 9.64. The van der Waals surface area contributed by atoms with E-state index in [0.29, 0.717) is 5.56 Å². The van der Waals surface area contributed by atoms with E-state index in [0.717, 1.165) is 16.2 Å². The van der Waals surface area contributed by atoms with Gasteiger partial charge in [-0.15, -0.1) is 3.95 Å². The van der Waals surface area contributed by atoms with Crippen molar-refractivity contribution in [2.24, 2.45) is 0 Å². The molecule has 0 aliphatic heterocycles. The summed E-state index contributed by atoms with van der Waals surface area (Å²) in [6.07, 6.45) is -0.205. The second-order valence-corrected chi connectivity index (χ2v) is 4.81. The van der Waals surface area contributed by atoms with Crippen molar-refractivity contribution in [2.75, 3.05) is 6.26 Å². The smallest absolute Gasteiger partial charge is 0.306 e. The van der Waals surface area contributed by atoms with Crippen molar-refractivity contribution in [3.63, 3.8) is 0 Å². The Bertz CT molecular complexity index is 501. The van der Waals surface area contributed by atoms with Crippen LogP contribution in [0.15, 0.2) is 18.3 Å². The Balaban J connectivity index is 3.08. The van der Waals surface area contributed by atoms with E-state index < -0.39 is 28.9 Å². The topological polar surface area (TPSA) is 59.9 Å². The number of nitriles is 1. The van der Waals surface area contributed by atoms with Gasteiger partial charge in [0.15, 0.2) is 5.26 Å². The maximum atomic E-state index is 12.3. The summed E-state index contributed by atoms with van der Waals surface area (Å²) in [5, 5.41) is 8.83. The minimum atomic E-state index is -4.48. The molecule has 1 aromatic rings. The molecule has 0 saturated heterocycles. The van der Waals surface area contributed by atoms with Gasteiger partial charge >= 0.3 is 12.4 Å². The Labute approximate surface area is 105 Å². The molecule has 98 valence electrons. The van der Waals surface area contributed by atoms with E-state index in [1.54, 1.807) is 13.1 Å². The van der Waals surface area contributed by atoms with Gasteiger partial charge in [-0.1, -0.05) is 6.07 Å². The van der Waals surface area contributed by atoms with Gasteiger partial charge in [-0.3, -0.25) is 4.98 Å². The zero-order valence-corrected chi connectivity index (χ0v) is 10.5.